The minimum Gasteiger partial charge on any atom is -0.340 e. The van der Waals surface area contributed by atoms with Crippen LogP contribution in [-0.2, 0) is 0 Å². The summed E-state index contributed by atoms with van der Waals surface area (Å²) in [4.78, 5) is 28.7. The highest BCUT2D eigenvalue weighted by molar-refractivity contribution is 5.96. The number of H-pyrrole nitrogens is 1. The molecule has 3 N–H and O–H groups in total. The molecule has 1 heterocycles. The number of hydrogen-bond donors (Lipinski definition) is 2. The van der Waals surface area contributed by atoms with Gasteiger partial charge in [0.2, 0.25) is 0 Å². The summed E-state index contributed by atoms with van der Waals surface area (Å²) in [7, 11) is 1.72. The van der Waals surface area contributed by atoms with Crippen LogP contribution >= 0.6 is 0 Å². The number of pyridine rings is 1. The van der Waals surface area contributed by atoms with Crippen LogP contribution in [0.4, 0.5) is 0 Å². The highest BCUT2D eigenvalue weighted by Gasteiger charge is 2.22. The van der Waals surface area contributed by atoms with Crippen LogP contribution in [-0.4, -0.2) is 35.9 Å². The second-order valence-electron chi connectivity index (χ2n) is 6.13. The largest absolute Gasteiger partial charge is 0.340 e. The quantitative estimate of drug-likeness (QED) is 0.896. The molecular formula is C16H21N3O2. The third-order valence-corrected chi connectivity index (χ3v) is 3.55. The Morgan fingerprint density at radius 2 is 2.00 bits per heavy atom. The Bertz CT molecular complexity index is 719. The molecule has 0 atom stereocenters. The van der Waals surface area contributed by atoms with Crippen LogP contribution in [0.25, 0.3) is 10.8 Å². The van der Waals surface area contributed by atoms with E-state index >= 15 is 0 Å². The number of aromatic nitrogens is 1. The average molecular weight is 287 g/mol. The molecule has 112 valence electrons. The molecule has 2 aromatic rings. The fourth-order valence-corrected chi connectivity index (χ4v) is 2.31. The molecule has 0 saturated heterocycles. The first-order chi connectivity index (χ1) is 9.84. The normalized spacial score (nSPS) is 11.6. The smallest absolute Gasteiger partial charge is 0.270 e. The molecule has 0 aliphatic carbocycles. The third kappa shape index (κ3) is 3.31. The minimum absolute atomic E-state index is 0.165. The summed E-state index contributed by atoms with van der Waals surface area (Å²) in [6.07, 6.45) is 0. The van der Waals surface area contributed by atoms with Crippen LogP contribution < -0.4 is 11.3 Å². The van der Waals surface area contributed by atoms with Gasteiger partial charge in [-0.25, -0.2) is 0 Å². The molecule has 0 aliphatic heterocycles. The van der Waals surface area contributed by atoms with Gasteiger partial charge in [0.1, 0.15) is 5.69 Å². The van der Waals surface area contributed by atoms with Crippen LogP contribution in [0.5, 0.6) is 0 Å². The number of nitrogens with two attached hydrogens (primary N) is 1. The molecule has 1 aromatic carbocycles. The van der Waals surface area contributed by atoms with Gasteiger partial charge in [-0.05, 0) is 29.5 Å². The lowest BCUT2D eigenvalue weighted by molar-refractivity contribution is 0.0734. The molecule has 0 saturated carbocycles. The van der Waals surface area contributed by atoms with Crippen molar-refractivity contribution in [3.8, 4) is 0 Å². The van der Waals surface area contributed by atoms with Gasteiger partial charge < -0.3 is 15.6 Å². The second-order valence-corrected chi connectivity index (χ2v) is 6.13. The van der Waals surface area contributed by atoms with Crippen LogP contribution in [0, 0.1) is 5.41 Å². The summed E-state index contributed by atoms with van der Waals surface area (Å²) in [5.41, 5.74) is 5.58. The minimum atomic E-state index is -0.247. The summed E-state index contributed by atoms with van der Waals surface area (Å²) in [6, 6.07) is 8.92. The lowest BCUT2D eigenvalue weighted by Crippen LogP contribution is -2.40. The zero-order valence-corrected chi connectivity index (χ0v) is 12.6. The number of amides is 1. The lowest BCUT2D eigenvalue weighted by Gasteiger charge is -2.29. The molecule has 0 radical (unpaired) electrons. The zero-order chi connectivity index (χ0) is 15.6. The number of hydrogen-bond acceptors (Lipinski definition) is 3. The summed E-state index contributed by atoms with van der Waals surface area (Å²) < 4.78 is 0. The van der Waals surface area contributed by atoms with E-state index in [1.54, 1.807) is 30.1 Å². The molecular weight excluding hydrogens is 266 g/mol. The molecule has 0 aliphatic rings. The van der Waals surface area contributed by atoms with E-state index in [2.05, 4.69) is 4.98 Å². The van der Waals surface area contributed by atoms with Crippen LogP contribution in [0.2, 0.25) is 0 Å². The average Bonchev–Trinajstić information content (AvgIpc) is 2.46. The Kier molecular flexibility index (Phi) is 4.14. The Morgan fingerprint density at radius 1 is 1.33 bits per heavy atom. The van der Waals surface area contributed by atoms with E-state index in [1.807, 2.05) is 26.0 Å². The van der Waals surface area contributed by atoms with E-state index in [1.165, 1.54) is 0 Å². The van der Waals surface area contributed by atoms with E-state index in [-0.39, 0.29) is 16.9 Å². The Balaban J connectivity index is 2.33. The second kappa shape index (κ2) is 5.69. The highest BCUT2D eigenvalue weighted by atomic mass is 16.2. The van der Waals surface area contributed by atoms with E-state index < -0.39 is 0 Å². The number of aromatic amines is 1. The molecule has 21 heavy (non-hydrogen) atoms. The van der Waals surface area contributed by atoms with Crippen molar-refractivity contribution < 1.29 is 4.79 Å². The molecule has 0 fully saturated rings. The van der Waals surface area contributed by atoms with Crippen molar-refractivity contribution in [2.45, 2.75) is 13.8 Å². The van der Waals surface area contributed by atoms with Gasteiger partial charge in [-0.15, -0.1) is 0 Å². The predicted octanol–water partition coefficient (Wildman–Crippen LogP) is 1.58. The molecule has 1 aromatic heterocycles. The van der Waals surface area contributed by atoms with Crippen molar-refractivity contribution in [3.05, 3.63) is 46.4 Å². The number of benzene rings is 1. The maximum atomic E-state index is 12.4. The summed E-state index contributed by atoms with van der Waals surface area (Å²) in [5.74, 6) is -0.209. The Morgan fingerprint density at radius 3 is 2.67 bits per heavy atom. The van der Waals surface area contributed by atoms with Crippen molar-refractivity contribution >= 4 is 16.7 Å². The first-order valence-electron chi connectivity index (χ1n) is 6.92. The SMILES string of the molecule is CN(CC(C)(C)CN)C(=O)c1cc2ccccc2c(=O)[nH]1. The molecule has 0 unspecified atom stereocenters. The van der Waals surface area contributed by atoms with Gasteiger partial charge in [-0.1, -0.05) is 32.0 Å². The van der Waals surface area contributed by atoms with Gasteiger partial charge >= 0.3 is 0 Å². The maximum Gasteiger partial charge on any atom is 0.270 e. The van der Waals surface area contributed by atoms with E-state index in [9.17, 15) is 9.59 Å². The zero-order valence-electron chi connectivity index (χ0n) is 12.6. The first kappa shape index (κ1) is 15.3. The molecule has 1 amide bonds. The monoisotopic (exact) mass is 287 g/mol. The number of fused-ring (bicyclic) bond motifs is 1. The van der Waals surface area contributed by atoms with Gasteiger partial charge in [0.25, 0.3) is 11.5 Å². The van der Waals surface area contributed by atoms with Gasteiger partial charge in [-0.3, -0.25) is 9.59 Å². The summed E-state index contributed by atoms with van der Waals surface area (Å²) >= 11 is 0. The van der Waals surface area contributed by atoms with Crippen LogP contribution in [0.1, 0.15) is 24.3 Å². The van der Waals surface area contributed by atoms with E-state index in [0.29, 0.717) is 24.2 Å². The van der Waals surface area contributed by atoms with Gasteiger partial charge in [0.15, 0.2) is 0 Å². The van der Waals surface area contributed by atoms with Gasteiger partial charge in [0, 0.05) is 19.0 Å². The number of carbonyl (C=O) groups is 1. The number of rotatable bonds is 4. The maximum absolute atomic E-state index is 12.4. The van der Waals surface area contributed by atoms with Crippen molar-refractivity contribution in [2.75, 3.05) is 20.1 Å². The van der Waals surface area contributed by atoms with Crippen molar-refractivity contribution in [1.29, 1.82) is 0 Å². The van der Waals surface area contributed by atoms with Crippen molar-refractivity contribution in [1.82, 2.24) is 9.88 Å². The van der Waals surface area contributed by atoms with Crippen LogP contribution in [0.3, 0.4) is 0 Å². The fourth-order valence-electron chi connectivity index (χ4n) is 2.31. The third-order valence-electron chi connectivity index (χ3n) is 3.55. The van der Waals surface area contributed by atoms with E-state index in [0.717, 1.165) is 5.39 Å². The van der Waals surface area contributed by atoms with Crippen molar-refractivity contribution in [3.63, 3.8) is 0 Å². The predicted molar refractivity (Wildman–Crippen MR) is 84.4 cm³/mol. The number of carbonyl (C=O) groups excluding carboxylic acids is 1. The summed E-state index contributed by atoms with van der Waals surface area (Å²) in [5, 5.41) is 1.34. The fraction of sp³-hybridized carbons (Fsp3) is 0.375. The molecule has 5 nitrogen and oxygen atoms in total. The number of nitrogens with one attached hydrogen (secondary N) is 1. The highest BCUT2D eigenvalue weighted by Crippen LogP contribution is 2.16. The van der Waals surface area contributed by atoms with Crippen molar-refractivity contribution in [2.24, 2.45) is 11.1 Å². The molecule has 0 spiro atoms. The lowest BCUT2D eigenvalue weighted by atomic mass is 9.93. The Hall–Kier alpha value is -2.14. The molecule has 2 rings (SSSR count). The van der Waals surface area contributed by atoms with Crippen LogP contribution in [0.15, 0.2) is 35.1 Å². The standard InChI is InChI=1S/C16H21N3O2/c1-16(2,9-17)10-19(3)15(21)13-8-11-6-4-5-7-12(11)14(20)18-13/h4-8H,9-10,17H2,1-3H3,(H,18,20). The molecule has 5 heteroatoms. The Labute approximate surface area is 123 Å². The topological polar surface area (TPSA) is 79.2 Å². The first-order valence-corrected chi connectivity index (χ1v) is 6.92. The number of nitrogens with zero attached hydrogens (tertiary/aromatic N) is 1. The molecule has 0 bridgehead atoms. The van der Waals surface area contributed by atoms with E-state index in [4.69, 9.17) is 5.73 Å². The summed E-state index contributed by atoms with van der Waals surface area (Å²) in [6.45, 7) is 5.01. The van der Waals surface area contributed by atoms with Gasteiger partial charge in [0.05, 0.1) is 0 Å². The van der Waals surface area contributed by atoms with Gasteiger partial charge in [-0.2, -0.15) is 0 Å².